The monoisotopic (exact) mass is 398 g/mol. The van der Waals surface area contributed by atoms with E-state index in [1.165, 1.54) is 5.56 Å². The Morgan fingerprint density at radius 3 is 2.57 bits per heavy atom. The lowest BCUT2D eigenvalue weighted by atomic mass is 10.0. The van der Waals surface area contributed by atoms with Gasteiger partial charge in [0.2, 0.25) is 0 Å². The standard InChI is InChI=1S/C23H22N6O/c1-16-24-27-22-15-28(14-19(29(16)22)12-17-8-4-2-5-9-17)23(30)21-13-20(25-26-21)18-10-6-3-7-11-18/h2-11,13,19H,12,14-15H2,1H3,(H,25,26)/t19-/m1/s1. The lowest BCUT2D eigenvalue weighted by molar-refractivity contribution is 0.0666. The third kappa shape index (κ3) is 3.39. The molecule has 0 saturated carbocycles. The number of carbonyl (C=O) groups is 1. The molecule has 5 rings (SSSR count). The summed E-state index contributed by atoms with van der Waals surface area (Å²) in [6.45, 7) is 3.00. The van der Waals surface area contributed by atoms with Gasteiger partial charge in [0.15, 0.2) is 5.82 Å². The third-order valence-corrected chi connectivity index (χ3v) is 5.54. The van der Waals surface area contributed by atoms with Gasteiger partial charge in [-0.3, -0.25) is 9.89 Å². The quantitative estimate of drug-likeness (QED) is 0.571. The Morgan fingerprint density at radius 1 is 1.07 bits per heavy atom. The van der Waals surface area contributed by atoms with Crippen LogP contribution in [0.15, 0.2) is 66.7 Å². The van der Waals surface area contributed by atoms with Crippen molar-refractivity contribution in [3.8, 4) is 11.3 Å². The molecular formula is C23H22N6O. The van der Waals surface area contributed by atoms with Gasteiger partial charge in [-0.05, 0) is 25.0 Å². The number of amides is 1. The topological polar surface area (TPSA) is 79.7 Å². The Morgan fingerprint density at radius 2 is 1.80 bits per heavy atom. The molecule has 7 nitrogen and oxygen atoms in total. The number of aromatic nitrogens is 5. The second-order valence-corrected chi connectivity index (χ2v) is 7.60. The fourth-order valence-corrected chi connectivity index (χ4v) is 4.12. The van der Waals surface area contributed by atoms with Gasteiger partial charge in [-0.25, -0.2) is 0 Å². The van der Waals surface area contributed by atoms with Crippen molar-refractivity contribution in [2.75, 3.05) is 6.54 Å². The molecule has 7 heteroatoms. The van der Waals surface area contributed by atoms with Gasteiger partial charge in [0.05, 0.1) is 18.3 Å². The average molecular weight is 398 g/mol. The first kappa shape index (κ1) is 18.3. The van der Waals surface area contributed by atoms with Crippen molar-refractivity contribution in [3.05, 3.63) is 89.6 Å². The van der Waals surface area contributed by atoms with Crippen LogP contribution < -0.4 is 0 Å². The molecule has 2 aromatic heterocycles. The van der Waals surface area contributed by atoms with Crippen LogP contribution in [-0.4, -0.2) is 42.3 Å². The summed E-state index contributed by atoms with van der Waals surface area (Å²) < 4.78 is 2.17. The zero-order valence-electron chi connectivity index (χ0n) is 16.7. The maximum absolute atomic E-state index is 13.3. The molecular weight excluding hydrogens is 376 g/mol. The number of rotatable bonds is 4. The van der Waals surface area contributed by atoms with Crippen molar-refractivity contribution in [2.45, 2.75) is 25.9 Å². The van der Waals surface area contributed by atoms with E-state index in [0.717, 1.165) is 29.3 Å². The average Bonchev–Trinajstić information content (AvgIpc) is 3.42. The molecule has 4 aromatic rings. The molecule has 0 fully saturated rings. The molecule has 3 heterocycles. The molecule has 1 aliphatic heterocycles. The molecule has 0 aliphatic carbocycles. The number of benzene rings is 2. The lowest BCUT2D eigenvalue weighted by Crippen LogP contribution is -2.42. The van der Waals surface area contributed by atoms with Crippen molar-refractivity contribution in [2.24, 2.45) is 0 Å². The van der Waals surface area contributed by atoms with Crippen LogP contribution in [-0.2, 0) is 13.0 Å². The van der Waals surface area contributed by atoms with Crippen molar-refractivity contribution in [1.82, 2.24) is 29.9 Å². The normalized spacial score (nSPS) is 15.8. The van der Waals surface area contributed by atoms with Crippen LogP contribution in [0.5, 0.6) is 0 Å². The second kappa shape index (κ2) is 7.59. The summed E-state index contributed by atoms with van der Waals surface area (Å²) in [7, 11) is 0. The summed E-state index contributed by atoms with van der Waals surface area (Å²) in [6, 6.07) is 22.0. The first-order valence-corrected chi connectivity index (χ1v) is 10.0. The van der Waals surface area contributed by atoms with Gasteiger partial charge in [-0.15, -0.1) is 10.2 Å². The van der Waals surface area contributed by atoms with E-state index in [9.17, 15) is 4.79 Å². The number of hydrogen-bond donors (Lipinski definition) is 1. The number of aromatic amines is 1. The first-order valence-electron chi connectivity index (χ1n) is 10.0. The molecule has 0 bridgehead atoms. The molecule has 0 unspecified atom stereocenters. The zero-order valence-corrected chi connectivity index (χ0v) is 16.7. The highest BCUT2D eigenvalue weighted by atomic mass is 16.2. The number of nitrogens with one attached hydrogen (secondary N) is 1. The van der Waals surface area contributed by atoms with Crippen LogP contribution in [0.25, 0.3) is 11.3 Å². The third-order valence-electron chi connectivity index (χ3n) is 5.54. The Balaban J connectivity index is 1.41. The number of carbonyl (C=O) groups excluding carboxylic acids is 1. The maximum atomic E-state index is 13.3. The first-order chi connectivity index (χ1) is 14.7. The van der Waals surface area contributed by atoms with Crippen LogP contribution in [0.1, 0.15) is 33.7 Å². The fraction of sp³-hybridized carbons (Fsp3) is 0.217. The molecule has 2 aromatic carbocycles. The molecule has 0 radical (unpaired) electrons. The molecule has 0 saturated heterocycles. The van der Waals surface area contributed by atoms with Gasteiger partial charge in [0, 0.05) is 12.1 Å². The maximum Gasteiger partial charge on any atom is 0.272 e. The molecule has 150 valence electrons. The highest BCUT2D eigenvalue weighted by Gasteiger charge is 2.31. The van der Waals surface area contributed by atoms with Crippen LogP contribution in [0, 0.1) is 6.92 Å². The van der Waals surface area contributed by atoms with Crippen LogP contribution in [0.4, 0.5) is 0 Å². The van der Waals surface area contributed by atoms with E-state index < -0.39 is 0 Å². The number of aryl methyl sites for hydroxylation is 1. The van der Waals surface area contributed by atoms with E-state index >= 15 is 0 Å². The lowest BCUT2D eigenvalue weighted by Gasteiger charge is -2.34. The Hall–Kier alpha value is -3.74. The molecule has 1 amide bonds. The van der Waals surface area contributed by atoms with Crippen LogP contribution in [0.3, 0.4) is 0 Å². The highest BCUT2D eigenvalue weighted by molar-refractivity contribution is 5.93. The van der Waals surface area contributed by atoms with Gasteiger partial charge >= 0.3 is 0 Å². The molecule has 1 N–H and O–H groups in total. The minimum atomic E-state index is -0.0744. The number of nitrogens with zero attached hydrogens (tertiary/aromatic N) is 5. The summed E-state index contributed by atoms with van der Waals surface area (Å²) >= 11 is 0. The van der Waals surface area contributed by atoms with E-state index in [1.54, 1.807) is 0 Å². The minimum absolute atomic E-state index is 0.0744. The second-order valence-electron chi connectivity index (χ2n) is 7.60. The minimum Gasteiger partial charge on any atom is -0.328 e. The fourth-order valence-electron chi connectivity index (χ4n) is 4.12. The molecule has 30 heavy (non-hydrogen) atoms. The summed E-state index contributed by atoms with van der Waals surface area (Å²) in [6.07, 6.45) is 0.814. The van der Waals surface area contributed by atoms with E-state index in [-0.39, 0.29) is 11.9 Å². The molecule has 1 aliphatic rings. The van der Waals surface area contributed by atoms with Crippen LogP contribution >= 0.6 is 0 Å². The molecule has 0 spiro atoms. The summed E-state index contributed by atoms with van der Waals surface area (Å²) in [4.78, 5) is 15.1. The summed E-state index contributed by atoms with van der Waals surface area (Å²) in [5.74, 6) is 1.62. The predicted octanol–water partition coefficient (Wildman–Crippen LogP) is 3.42. The highest BCUT2D eigenvalue weighted by Crippen LogP contribution is 2.26. The number of fused-ring (bicyclic) bond motifs is 1. The smallest absolute Gasteiger partial charge is 0.272 e. The molecule has 1 atom stereocenters. The largest absolute Gasteiger partial charge is 0.328 e. The Bertz CT molecular complexity index is 1160. The van der Waals surface area contributed by atoms with Gasteiger partial charge in [-0.1, -0.05) is 60.7 Å². The Labute approximate surface area is 174 Å². The SMILES string of the molecule is Cc1nnc2n1[C@H](Cc1ccccc1)CN(C(=O)c1cc(-c3ccccc3)n[nH]1)C2. The summed E-state index contributed by atoms with van der Waals surface area (Å²) in [5, 5.41) is 15.8. The van der Waals surface area contributed by atoms with E-state index in [2.05, 4.69) is 37.1 Å². The number of H-pyrrole nitrogens is 1. The predicted molar refractivity (Wildman–Crippen MR) is 113 cm³/mol. The van der Waals surface area contributed by atoms with E-state index in [0.29, 0.717) is 18.8 Å². The van der Waals surface area contributed by atoms with E-state index in [4.69, 9.17) is 0 Å². The van der Waals surface area contributed by atoms with Crippen LogP contribution in [0.2, 0.25) is 0 Å². The van der Waals surface area contributed by atoms with Gasteiger partial charge in [0.25, 0.3) is 5.91 Å². The van der Waals surface area contributed by atoms with E-state index in [1.807, 2.05) is 66.4 Å². The van der Waals surface area contributed by atoms with Gasteiger partial charge in [-0.2, -0.15) is 5.10 Å². The van der Waals surface area contributed by atoms with Crippen molar-refractivity contribution in [3.63, 3.8) is 0 Å². The Kier molecular flexibility index (Phi) is 4.63. The summed E-state index contributed by atoms with van der Waals surface area (Å²) in [5.41, 5.74) is 3.44. The van der Waals surface area contributed by atoms with Crippen molar-refractivity contribution in [1.29, 1.82) is 0 Å². The van der Waals surface area contributed by atoms with Gasteiger partial charge < -0.3 is 9.47 Å². The van der Waals surface area contributed by atoms with Crippen molar-refractivity contribution >= 4 is 5.91 Å². The zero-order chi connectivity index (χ0) is 20.5. The van der Waals surface area contributed by atoms with Gasteiger partial charge in [0.1, 0.15) is 11.5 Å². The number of hydrogen-bond acceptors (Lipinski definition) is 4. The van der Waals surface area contributed by atoms with Crippen molar-refractivity contribution < 1.29 is 4.79 Å².